The van der Waals surface area contributed by atoms with Gasteiger partial charge in [0.25, 0.3) is 0 Å². The Morgan fingerprint density at radius 2 is 1.78 bits per heavy atom. The summed E-state index contributed by atoms with van der Waals surface area (Å²) in [6.07, 6.45) is -2.60. The Morgan fingerprint density at radius 1 is 1.15 bits per heavy atom. The summed E-state index contributed by atoms with van der Waals surface area (Å²) >= 11 is 0. The number of halogens is 3. The second kappa shape index (κ2) is 6.67. The normalized spacial score (nSPS) is 21.6. The molecule has 0 saturated carbocycles. The Bertz CT molecular complexity index is 758. The molecule has 27 heavy (non-hydrogen) atoms. The van der Waals surface area contributed by atoms with Gasteiger partial charge in [0, 0.05) is 13.1 Å². The van der Waals surface area contributed by atoms with Gasteiger partial charge in [-0.1, -0.05) is 24.2 Å². The molecule has 0 N–H and O–H groups in total. The maximum absolute atomic E-state index is 12.7. The minimum Gasteiger partial charge on any atom is -0.400 e. The van der Waals surface area contributed by atoms with E-state index in [1.807, 2.05) is 52.0 Å². The number of rotatable bonds is 2. The number of benzene rings is 1. The van der Waals surface area contributed by atoms with Crippen LogP contribution in [0.5, 0.6) is 0 Å². The highest BCUT2D eigenvalue weighted by Gasteiger charge is 2.50. The summed E-state index contributed by atoms with van der Waals surface area (Å²) < 4.78 is 49.8. The molecular weight excluding hydrogens is 358 g/mol. The predicted molar refractivity (Wildman–Crippen MR) is 96.7 cm³/mol. The molecule has 1 aromatic carbocycles. The van der Waals surface area contributed by atoms with E-state index in [0.717, 1.165) is 21.6 Å². The minimum atomic E-state index is -4.84. The molecule has 0 atom stereocenters. The van der Waals surface area contributed by atoms with Gasteiger partial charge in [-0.15, -0.1) is 0 Å². The lowest BCUT2D eigenvalue weighted by Crippen LogP contribution is -2.43. The zero-order valence-electron chi connectivity index (χ0n) is 15.9. The first kappa shape index (κ1) is 20.0. The Labute approximate surface area is 157 Å². The molecule has 2 aliphatic rings. The molecule has 2 aliphatic heterocycles. The third-order valence-electron chi connectivity index (χ3n) is 5.49. The van der Waals surface area contributed by atoms with Gasteiger partial charge in [0.05, 0.1) is 11.2 Å². The third-order valence-corrected chi connectivity index (χ3v) is 5.49. The zero-order chi connectivity index (χ0) is 20.0. The molecule has 0 aliphatic carbocycles. The molecular formula is C19H23BF3NO3. The summed E-state index contributed by atoms with van der Waals surface area (Å²) in [6, 6.07) is 5.61. The summed E-state index contributed by atoms with van der Waals surface area (Å²) in [7, 11) is -0.491. The summed E-state index contributed by atoms with van der Waals surface area (Å²) in [4.78, 5) is 12.3. The van der Waals surface area contributed by atoms with Crippen LogP contribution in [-0.4, -0.2) is 41.8 Å². The first-order valence-corrected chi connectivity index (χ1v) is 8.91. The van der Waals surface area contributed by atoms with E-state index in [9.17, 15) is 18.0 Å². The summed E-state index contributed by atoms with van der Waals surface area (Å²) in [5.74, 6) is 0.00554. The van der Waals surface area contributed by atoms with E-state index in [1.165, 1.54) is 0 Å². The van der Waals surface area contributed by atoms with Gasteiger partial charge in [0.15, 0.2) is 0 Å². The summed E-state index contributed by atoms with van der Waals surface area (Å²) in [5, 5.41) is 0. The highest BCUT2D eigenvalue weighted by molar-refractivity contribution is 6.52. The summed E-state index contributed by atoms with van der Waals surface area (Å²) in [5.41, 5.74) is 1.65. The van der Waals surface area contributed by atoms with Crippen molar-refractivity contribution in [3.63, 3.8) is 0 Å². The number of carbonyl (C=O) groups is 1. The van der Waals surface area contributed by atoms with Gasteiger partial charge in [-0.3, -0.25) is 4.79 Å². The Kier molecular flexibility index (Phi) is 4.93. The van der Waals surface area contributed by atoms with E-state index in [2.05, 4.69) is 0 Å². The number of amides is 1. The molecule has 4 nitrogen and oxygen atoms in total. The van der Waals surface area contributed by atoms with Gasteiger partial charge in [-0.2, -0.15) is 13.2 Å². The van der Waals surface area contributed by atoms with Crippen molar-refractivity contribution >= 4 is 19.1 Å². The largest absolute Gasteiger partial charge is 0.487 e. The molecule has 0 aromatic heterocycles. The van der Waals surface area contributed by atoms with Crippen LogP contribution >= 0.6 is 0 Å². The van der Waals surface area contributed by atoms with E-state index in [0.29, 0.717) is 6.42 Å². The van der Waals surface area contributed by atoms with Crippen molar-refractivity contribution in [2.75, 3.05) is 6.54 Å². The smallest absolute Gasteiger partial charge is 0.400 e. The fourth-order valence-electron chi connectivity index (χ4n) is 3.19. The Hall–Kier alpha value is -1.80. The van der Waals surface area contributed by atoms with Crippen LogP contribution in [-0.2, 0) is 27.1 Å². The quantitative estimate of drug-likeness (QED) is 0.732. The second-order valence-corrected chi connectivity index (χ2v) is 7.99. The Balaban J connectivity index is 1.73. The van der Waals surface area contributed by atoms with Gasteiger partial charge in [0.1, 0.15) is 0 Å². The molecule has 2 heterocycles. The van der Waals surface area contributed by atoms with Crippen LogP contribution in [0.3, 0.4) is 0 Å². The SMILES string of the molecule is CC1(C)OB(/C=C/c2ccc3c(c2)CN(C(=O)C(F)(F)F)CC3)OC1(C)C. The van der Waals surface area contributed by atoms with Crippen LogP contribution in [0.4, 0.5) is 13.2 Å². The van der Waals surface area contributed by atoms with Gasteiger partial charge in [-0.25, -0.2) is 0 Å². The average molecular weight is 381 g/mol. The average Bonchev–Trinajstić information content (AvgIpc) is 2.77. The first-order valence-electron chi connectivity index (χ1n) is 8.91. The monoisotopic (exact) mass is 381 g/mol. The minimum absolute atomic E-state index is 0.0359. The lowest BCUT2D eigenvalue weighted by molar-refractivity contribution is -0.186. The molecule has 1 amide bonds. The number of alkyl halides is 3. The molecule has 1 aromatic rings. The topological polar surface area (TPSA) is 38.8 Å². The number of hydrogen-bond acceptors (Lipinski definition) is 3. The standard InChI is InChI=1S/C19H23BF3NO3/c1-17(2)18(3,4)27-20(26-17)9-7-13-5-6-14-8-10-24(12-15(14)11-13)16(25)19(21,22)23/h5-7,9,11H,8,10,12H2,1-4H3/b9-7+. The lowest BCUT2D eigenvalue weighted by atomic mass is 9.88. The zero-order valence-corrected chi connectivity index (χ0v) is 15.9. The molecule has 0 unspecified atom stereocenters. The van der Waals surface area contributed by atoms with Gasteiger partial charge >= 0.3 is 19.2 Å². The van der Waals surface area contributed by atoms with Crippen LogP contribution in [0.15, 0.2) is 24.2 Å². The Morgan fingerprint density at radius 3 is 2.37 bits per heavy atom. The molecule has 0 bridgehead atoms. The van der Waals surface area contributed by atoms with Crippen molar-refractivity contribution in [1.82, 2.24) is 4.90 Å². The van der Waals surface area contributed by atoms with Crippen LogP contribution < -0.4 is 0 Å². The predicted octanol–water partition coefficient (Wildman–Crippen LogP) is 3.78. The fourth-order valence-corrected chi connectivity index (χ4v) is 3.19. The van der Waals surface area contributed by atoms with Gasteiger partial charge < -0.3 is 14.2 Å². The number of carbonyl (C=O) groups excluding carboxylic acids is 1. The van der Waals surface area contributed by atoms with Crippen LogP contribution in [0, 0.1) is 0 Å². The lowest BCUT2D eigenvalue weighted by Gasteiger charge is -2.32. The molecule has 0 spiro atoms. The van der Waals surface area contributed by atoms with Crippen LogP contribution in [0.2, 0.25) is 0 Å². The number of hydrogen-bond donors (Lipinski definition) is 0. The summed E-state index contributed by atoms with van der Waals surface area (Å²) in [6.45, 7) is 7.90. The van der Waals surface area contributed by atoms with Gasteiger partial charge in [-0.05, 0) is 56.9 Å². The van der Waals surface area contributed by atoms with Crippen molar-refractivity contribution in [3.05, 3.63) is 40.9 Å². The number of fused-ring (bicyclic) bond motifs is 1. The molecule has 8 heteroatoms. The fraction of sp³-hybridized carbons (Fsp3) is 0.526. The third kappa shape index (κ3) is 4.06. The van der Waals surface area contributed by atoms with Crippen molar-refractivity contribution < 1.29 is 27.3 Å². The van der Waals surface area contributed by atoms with Crippen molar-refractivity contribution in [2.45, 2.75) is 58.0 Å². The van der Waals surface area contributed by atoms with Crippen molar-refractivity contribution in [2.24, 2.45) is 0 Å². The van der Waals surface area contributed by atoms with Gasteiger partial charge in [0.2, 0.25) is 0 Å². The molecule has 146 valence electrons. The van der Waals surface area contributed by atoms with E-state index in [-0.39, 0.29) is 13.1 Å². The highest BCUT2D eigenvalue weighted by atomic mass is 19.4. The van der Waals surface area contributed by atoms with E-state index in [1.54, 1.807) is 5.98 Å². The molecule has 1 saturated heterocycles. The van der Waals surface area contributed by atoms with Crippen molar-refractivity contribution in [3.8, 4) is 0 Å². The molecule has 1 fully saturated rings. The molecule has 3 rings (SSSR count). The first-order chi connectivity index (χ1) is 12.4. The van der Waals surface area contributed by atoms with Crippen LogP contribution in [0.1, 0.15) is 44.4 Å². The maximum atomic E-state index is 12.7. The highest BCUT2D eigenvalue weighted by Crippen LogP contribution is 2.37. The van der Waals surface area contributed by atoms with E-state index < -0.39 is 30.4 Å². The van der Waals surface area contributed by atoms with E-state index in [4.69, 9.17) is 9.31 Å². The molecule has 0 radical (unpaired) electrons. The number of nitrogens with zero attached hydrogens (tertiary/aromatic N) is 1. The maximum Gasteiger partial charge on any atom is 0.487 e. The van der Waals surface area contributed by atoms with Crippen LogP contribution in [0.25, 0.3) is 6.08 Å². The second-order valence-electron chi connectivity index (χ2n) is 7.99. The van der Waals surface area contributed by atoms with E-state index >= 15 is 0 Å². The van der Waals surface area contributed by atoms with Crippen molar-refractivity contribution in [1.29, 1.82) is 0 Å².